The maximum absolute atomic E-state index is 11.1. The van der Waals surface area contributed by atoms with Crippen molar-refractivity contribution in [1.29, 1.82) is 0 Å². The summed E-state index contributed by atoms with van der Waals surface area (Å²) in [6.45, 7) is -0.331. The van der Waals surface area contributed by atoms with Crippen molar-refractivity contribution in [3.05, 3.63) is 75.1 Å². The fourth-order valence-corrected chi connectivity index (χ4v) is 3.12. The van der Waals surface area contributed by atoms with Crippen molar-refractivity contribution in [2.45, 2.75) is 6.29 Å². The van der Waals surface area contributed by atoms with Gasteiger partial charge < -0.3 is 9.47 Å². The number of nitrogens with two attached hydrogens (primary N) is 1. The van der Waals surface area contributed by atoms with Gasteiger partial charge in [0.1, 0.15) is 6.61 Å². The van der Waals surface area contributed by atoms with Gasteiger partial charge in [-0.2, -0.15) is 8.42 Å². The van der Waals surface area contributed by atoms with Crippen LogP contribution in [-0.4, -0.2) is 15.0 Å². The molecule has 0 aliphatic carbocycles. The molecular formula is C16H14INO5S. The number of ether oxygens (including phenoxy) is 2. The predicted molar refractivity (Wildman–Crippen MR) is 96.5 cm³/mol. The molecule has 2 N–H and O–H groups in total. The summed E-state index contributed by atoms with van der Waals surface area (Å²) in [5.41, 5.74) is 1.61. The molecule has 1 aliphatic heterocycles. The molecule has 2 aromatic carbocycles. The maximum atomic E-state index is 11.1. The van der Waals surface area contributed by atoms with Crippen molar-refractivity contribution in [3.63, 3.8) is 0 Å². The lowest BCUT2D eigenvalue weighted by molar-refractivity contribution is -0.0324. The van der Waals surface area contributed by atoms with Gasteiger partial charge in [-0.05, 0) is 28.7 Å². The monoisotopic (exact) mass is 459 g/mol. The van der Waals surface area contributed by atoms with Crippen molar-refractivity contribution in [1.82, 2.24) is 0 Å². The summed E-state index contributed by atoms with van der Waals surface area (Å²) in [6.07, 6.45) is -0.670. The van der Waals surface area contributed by atoms with Crippen LogP contribution in [-0.2, 0) is 24.0 Å². The van der Waals surface area contributed by atoms with E-state index in [0.29, 0.717) is 5.76 Å². The van der Waals surface area contributed by atoms with Crippen LogP contribution >= 0.6 is 22.6 Å². The van der Waals surface area contributed by atoms with E-state index in [0.717, 1.165) is 14.7 Å². The van der Waals surface area contributed by atoms with Crippen LogP contribution < -0.4 is 5.14 Å². The van der Waals surface area contributed by atoms with Crippen molar-refractivity contribution in [3.8, 4) is 0 Å². The van der Waals surface area contributed by atoms with Gasteiger partial charge in [0.15, 0.2) is 11.5 Å². The Morgan fingerprint density at radius 1 is 1.04 bits per heavy atom. The van der Waals surface area contributed by atoms with Crippen LogP contribution in [0.4, 0.5) is 0 Å². The van der Waals surface area contributed by atoms with Gasteiger partial charge in [0.25, 0.3) is 6.29 Å². The molecule has 0 amide bonds. The van der Waals surface area contributed by atoms with Gasteiger partial charge in [-0.3, -0.25) is 0 Å². The van der Waals surface area contributed by atoms with E-state index < -0.39 is 16.6 Å². The molecule has 0 bridgehead atoms. The smallest absolute Gasteiger partial charge is 0.333 e. The van der Waals surface area contributed by atoms with E-state index in [-0.39, 0.29) is 12.4 Å². The Kier molecular flexibility index (Phi) is 5.09. The van der Waals surface area contributed by atoms with Crippen molar-refractivity contribution in [2.75, 3.05) is 6.61 Å². The Hall–Kier alpha value is -1.62. The summed E-state index contributed by atoms with van der Waals surface area (Å²) >= 11 is 2.17. The number of benzene rings is 2. The van der Waals surface area contributed by atoms with Gasteiger partial charge in [0.05, 0.1) is 0 Å². The van der Waals surface area contributed by atoms with Crippen LogP contribution in [0.1, 0.15) is 17.4 Å². The van der Waals surface area contributed by atoms with Crippen LogP contribution in [0, 0.1) is 3.57 Å². The number of rotatable bonds is 5. The van der Waals surface area contributed by atoms with E-state index in [4.69, 9.17) is 14.6 Å². The SMILES string of the molecule is NS(=O)(=O)OCC1=C(c2ccccc2I)OC(c2ccccc2)O1. The Balaban J connectivity index is 1.93. The molecule has 0 aromatic heterocycles. The zero-order chi connectivity index (χ0) is 17.2. The molecule has 8 heteroatoms. The Bertz CT molecular complexity index is 867. The van der Waals surface area contributed by atoms with Gasteiger partial charge in [-0.25, -0.2) is 9.32 Å². The third-order valence-electron chi connectivity index (χ3n) is 3.27. The maximum Gasteiger partial charge on any atom is 0.333 e. The lowest BCUT2D eigenvalue weighted by atomic mass is 10.1. The quantitative estimate of drug-likeness (QED) is 0.695. The first-order chi connectivity index (χ1) is 11.4. The third-order valence-corrected chi connectivity index (χ3v) is 4.66. The zero-order valence-corrected chi connectivity index (χ0v) is 15.4. The first-order valence-electron chi connectivity index (χ1n) is 6.97. The lowest BCUT2D eigenvalue weighted by Crippen LogP contribution is -2.17. The predicted octanol–water partition coefficient (Wildman–Crippen LogP) is 2.93. The van der Waals surface area contributed by atoms with E-state index in [9.17, 15) is 8.42 Å². The molecular weight excluding hydrogens is 445 g/mol. The third kappa shape index (κ3) is 4.07. The first kappa shape index (κ1) is 17.2. The molecule has 0 saturated heterocycles. The summed E-state index contributed by atoms with van der Waals surface area (Å²) in [7, 11) is -4.08. The molecule has 2 aromatic rings. The van der Waals surface area contributed by atoms with Crippen molar-refractivity contribution in [2.24, 2.45) is 5.14 Å². The largest absolute Gasteiger partial charge is 0.449 e. The van der Waals surface area contributed by atoms with Crippen LogP contribution in [0.25, 0.3) is 5.76 Å². The van der Waals surface area contributed by atoms with Crippen LogP contribution in [0.15, 0.2) is 60.4 Å². The molecule has 6 nitrogen and oxygen atoms in total. The number of hydrogen-bond acceptors (Lipinski definition) is 5. The van der Waals surface area contributed by atoms with E-state index in [2.05, 4.69) is 26.8 Å². The van der Waals surface area contributed by atoms with Crippen molar-refractivity contribution < 1.29 is 22.1 Å². The molecule has 0 fully saturated rings. The Morgan fingerprint density at radius 2 is 1.71 bits per heavy atom. The number of hydrogen-bond donors (Lipinski definition) is 1. The molecule has 1 unspecified atom stereocenters. The molecule has 1 heterocycles. The minimum absolute atomic E-state index is 0.280. The van der Waals surface area contributed by atoms with E-state index in [1.165, 1.54) is 0 Å². The molecule has 1 aliphatic rings. The topological polar surface area (TPSA) is 87.9 Å². The van der Waals surface area contributed by atoms with Gasteiger partial charge in [0, 0.05) is 14.7 Å². The minimum Gasteiger partial charge on any atom is -0.449 e. The highest BCUT2D eigenvalue weighted by atomic mass is 127. The van der Waals surface area contributed by atoms with Crippen LogP contribution in [0.5, 0.6) is 0 Å². The highest BCUT2D eigenvalue weighted by molar-refractivity contribution is 14.1. The summed E-state index contributed by atoms with van der Waals surface area (Å²) < 4.78 is 39.5. The summed E-state index contributed by atoms with van der Waals surface area (Å²) in [6, 6.07) is 16.9. The Labute approximate surface area is 153 Å². The standard InChI is InChI=1S/C16H14INO5S/c17-13-9-5-4-8-12(13)15-14(10-21-24(18,19)20)22-16(23-15)11-6-2-1-3-7-11/h1-9,16H,10H2,(H2,18,19,20). The number of halogens is 1. The van der Waals surface area contributed by atoms with E-state index >= 15 is 0 Å². The first-order valence-corrected chi connectivity index (χ1v) is 9.52. The minimum atomic E-state index is -4.08. The average Bonchev–Trinajstić information content (AvgIpc) is 2.98. The Morgan fingerprint density at radius 3 is 2.38 bits per heavy atom. The second kappa shape index (κ2) is 7.09. The highest BCUT2D eigenvalue weighted by Gasteiger charge is 2.31. The summed E-state index contributed by atoms with van der Waals surface area (Å²) in [5, 5.41) is 4.90. The van der Waals surface area contributed by atoms with Gasteiger partial charge in [-0.1, -0.05) is 48.5 Å². The molecule has 1 atom stereocenters. The molecule has 24 heavy (non-hydrogen) atoms. The van der Waals surface area contributed by atoms with Crippen LogP contribution in [0.3, 0.4) is 0 Å². The second-order valence-corrected chi connectivity index (χ2v) is 7.35. The average molecular weight is 459 g/mol. The second-order valence-electron chi connectivity index (χ2n) is 4.97. The fourth-order valence-electron chi connectivity index (χ4n) is 2.22. The van der Waals surface area contributed by atoms with Gasteiger partial charge >= 0.3 is 10.3 Å². The summed E-state index contributed by atoms with van der Waals surface area (Å²) in [5.74, 6) is 0.722. The molecule has 126 valence electrons. The molecule has 0 radical (unpaired) electrons. The van der Waals surface area contributed by atoms with Gasteiger partial charge in [-0.15, -0.1) is 0 Å². The van der Waals surface area contributed by atoms with Crippen molar-refractivity contribution >= 4 is 38.7 Å². The fraction of sp³-hybridized carbons (Fsp3) is 0.125. The molecule has 0 saturated carbocycles. The van der Waals surface area contributed by atoms with E-state index in [1.54, 1.807) is 0 Å². The van der Waals surface area contributed by atoms with E-state index in [1.807, 2.05) is 54.6 Å². The summed E-state index contributed by atoms with van der Waals surface area (Å²) in [4.78, 5) is 0. The van der Waals surface area contributed by atoms with Gasteiger partial charge in [0.2, 0.25) is 0 Å². The zero-order valence-electron chi connectivity index (χ0n) is 12.4. The van der Waals surface area contributed by atoms with Crippen LogP contribution in [0.2, 0.25) is 0 Å². The normalized spacial score (nSPS) is 17.5. The molecule has 0 spiro atoms. The lowest BCUT2D eigenvalue weighted by Gasteiger charge is -2.12. The molecule has 3 rings (SSSR count). The highest BCUT2D eigenvalue weighted by Crippen LogP contribution is 2.39.